The molecule has 0 radical (unpaired) electrons. The van der Waals surface area contributed by atoms with E-state index in [4.69, 9.17) is 0 Å². The topological polar surface area (TPSA) is 49.6 Å². The summed E-state index contributed by atoms with van der Waals surface area (Å²) in [6, 6.07) is 19.5. The number of nitrogens with one attached hydrogen (secondary N) is 1. The summed E-state index contributed by atoms with van der Waals surface area (Å²) in [5.41, 5.74) is 2.62. The second kappa shape index (κ2) is 7.87. The van der Waals surface area contributed by atoms with Crippen molar-refractivity contribution in [2.75, 3.05) is 14.1 Å². The molecule has 0 atom stereocenters. The maximum atomic E-state index is 4.30. The predicted molar refractivity (Wildman–Crippen MR) is 87.3 cm³/mol. The minimum atomic E-state index is 0.837. The molecule has 0 aliphatic carbocycles. The first-order chi connectivity index (χ1) is 10.3. The molecule has 21 heavy (non-hydrogen) atoms. The highest BCUT2D eigenvalue weighted by Crippen LogP contribution is 2.25. The molecule has 1 N–H and O–H groups in total. The van der Waals surface area contributed by atoms with E-state index in [1.807, 2.05) is 74.8 Å². The maximum Gasteiger partial charge on any atom is 0.0966 e. The lowest BCUT2D eigenvalue weighted by molar-refractivity contribution is 1.02. The van der Waals surface area contributed by atoms with Crippen LogP contribution in [0.15, 0.2) is 77.1 Å². The Morgan fingerprint density at radius 2 is 1.48 bits per heavy atom. The average Bonchev–Trinajstić information content (AvgIpc) is 2.54. The van der Waals surface area contributed by atoms with Crippen LogP contribution < -0.4 is 5.32 Å². The highest BCUT2D eigenvalue weighted by atomic mass is 15.1. The molecule has 3 rings (SSSR count). The SMILES string of the molecule is CNC.c1ccc(N=Nc2ccnc3ccccc23)cc1. The maximum absolute atomic E-state index is 4.30. The fourth-order valence-corrected chi connectivity index (χ4v) is 1.77. The van der Waals surface area contributed by atoms with Crippen LogP contribution in [0, 0.1) is 0 Å². The van der Waals surface area contributed by atoms with E-state index in [1.54, 1.807) is 6.20 Å². The van der Waals surface area contributed by atoms with E-state index in [9.17, 15) is 0 Å². The van der Waals surface area contributed by atoms with E-state index in [1.165, 1.54) is 0 Å². The number of hydrogen-bond donors (Lipinski definition) is 1. The van der Waals surface area contributed by atoms with Crippen LogP contribution in [0.5, 0.6) is 0 Å². The van der Waals surface area contributed by atoms with E-state index >= 15 is 0 Å². The van der Waals surface area contributed by atoms with Gasteiger partial charge in [0.25, 0.3) is 0 Å². The minimum absolute atomic E-state index is 0.837. The molecule has 0 aliphatic heterocycles. The summed E-state index contributed by atoms with van der Waals surface area (Å²) in [6.45, 7) is 0. The summed E-state index contributed by atoms with van der Waals surface area (Å²) in [4.78, 5) is 4.30. The fourth-order valence-electron chi connectivity index (χ4n) is 1.77. The van der Waals surface area contributed by atoms with E-state index < -0.39 is 0 Å². The molecular weight excluding hydrogens is 260 g/mol. The van der Waals surface area contributed by atoms with Gasteiger partial charge < -0.3 is 5.32 Å². The van der Waals surface area contributed by atoms with Gasteiger partial charge in [-0.2, -0.15) is 5.11 Å². The van der Waals surface area contributed by atoms with E-state index in [2.05, 4.69) is 20.5 Å². The molecule has 1 aromatic heterocycles. The number of pyridine rings is 1. The van der Waals surface area contributed by atoms with Crippen LogP contribution in [0.1, 0.15) is 0 Å². The summed E-state index contributed by atoms with van der Waals surface area (Å²) >= 11 is 0. The number of azo groups is 1. The van der Waals surface area contributed by atoms with Gasteiger partial charge in [-0.3, -0.25) is 4.98 Å². The van der Waals surface area contributed by atoms with Crippen LogP contribution in [-0.2, 0) is 0 Å². The van der Waals surface area contributed by atoms with Crippen LogP contribution in [0.3, 0.4) is 0 Å². The van der Waals surface area contributed by atoms with Crippen molar-refractivity contribution in [3.05, 3.63) is 66.9 Å². The van der Waals surface area contributed by atoms with Gasteiger partial charge in [0, 0.05) is 11.6 Å². The third kappa shape index (κ3) is 4.19. The number of fused-ring (bicyclic) bond motifs is 1. The van der Waals surface area contributed by atoms with Crippen molar-refractivity contribution < 1.29 is 0 Å². The lowest BCUT2D eigenvalue weighted by atomic mass is 10.2. The second-order valence-electron chi connectivity index (χ2n) is 4.38. The van der Waals surface area contributed by atoms with Crippen LogP contribution in [0.4, 0.5) is 11.4 Å². The predicted octanol–water partition coefficient (Wildman–Crippen LogP) is 4.49. The molecule has 4 nitrogen and oxygen atoms in total. The quantitative estimate of drug-likeness (QED) is 0.702. The molecule has 0 aliphatic rings. The molecule has 0 fully saturated rings. The Bertz CT molecular complexity index is 703. The van der Waals surface area contributed by atoms with Gasteiger partial charge in [0.2, 0.25) is 0 Å². The van der Waals surface area contributed by atoms with Crippen molar-refractivity contribution in [2.24, 2.45) is 10.2 Å². The summed E-state index contributed by atoms with van der Waals surface area (Å²) in [5, 5.41) is 12.3. The van der Waals surface area contributed by atoms with Gasteiger partial charge in [-0.15, -0.1) is 5.11 Å². The van der Waals surface area contributed by atoms with Gasteiger partial charge in [0.1, 0.15) is 0 Å². The van der Waals surface area contributed by atoms with Gasteiger partial charge in [0.05, 0.1) is 16.9 Å². The molecule has 3 aromatic rings. The normalized spacial score (nSPS) is 10.4. The highest BCUT2D eigenvalue weighted by molar-refractivity contribution is 5.89. The Labute approximate surface area is 124 Å². The molecule has 0 bridgehead atoms. The molecule has 0 amide bonds. The Balaban J connectivity index is 0.000000497. The van der Waals surface area contributed by atoms with Gasteiger partial charge in [-0.25, -0.2) is 0 Å². The van der Waals surface area contributed by atoms with Crippen molar-refractivity contribution in [1.82, 2.24) is 10.3 Å². The largest absolute Gasteiger partial charge is 0.323 e. The van der Waals surface area contributed by atoms with Crippen molar-refractivity contribution in [3.63, 3.8) is 0 Å². The van der Waals surface area contributed by atoms with Crippen LogP contribution in [-0.4, -0.2) is 19.1 Å². The zero-order valence-corrected chi connectivity index (χ0v) is 12.2. The van der Waals surface area contributed by atoms with Gasteiger partial charge in [-0.1, -0.05) is 36.4 Å². The molecule has 1 heterocycles. The third-order valence-electron chi connectivity index (χ3n) is 2.66. The van der Waals surface area contributed by atoms with Crippen molar-refractivity contribution >= 4 is 22.3 Å². The zero-order chi connectivity index (χ0) is 14.9. The molecule has 0 unspecified atom stereocenters. The Kier molecular flexibility index (Phi) is 5.55. The van der Waals surface area contributed by atoms with Crippen LogP contribution in [0.2, 0.25) is 0 Å². The first-order valence-electron chi connectivity index (χ1n) is 6.74. The first-order valence-corrected chi connectivity index (χ1v) is 6.74. The molecule has 0 saturated heterocycles. The smallest absolute Gasteiger partial charge is 0.0966 e. The fraction of sp³-hybridized carbons (Fsp3) is 0.118. The molecule has 2 aromatic carbocycles. The van der Waals surface area contributed by atoms with E-state index in [-0.39, 0.29) is 0 Å². The third-order valence-corrected chi connectivity index (χ3v) is 2.66. The van der Waals surface area contributed by atoms with E-state index in [0.717, 1.165) is 22.3 Å². The Morgan fingerprint density at radius 3 is 2.24 bits per heavy atom. The molecule has 0 spiro atoms. The van der Waals surface area contributed by atoms with Crippen LogP contribution in [0.25, 0.3) is 10.9 Å². The number of hydrogen-bond acceptors (Lipinski definition) is 4. The van der Waals surface area contributed by atoms with Crippen molar-refractivity contribution in [1.29, 1.82) is 0 Å². The minimum Gasteiger partial charge on any atom is -0.323 e. The summed E-state index contributed by atoms with van der Waals surface area (Å²) in [5.74, 6) is 0. The number of rotatable bonds is 2. The summed E-state index contributed by atoms with van der Waals surface area (Å²) < 4.78 is 0. The van der Waals surface area contributed by atoms with Gasteiger partial charge in [0.15, 0.2) is 0 Å². The average molecular weight is 278 g/mol. The Morgan fingerprint density at radius 1 is 0.810 bits per heavy atom. The number of para-hydroxylation sites is 1. The molecular formula is C17H18N4. The lowest BCUT2D eigenvalue weighted by Crippen LogP contribution is -1.89. The van der Waals surface area contributed by atoms with E-state index in [0.29, 0.717) is 0 Å². The second-order valence-corrected chi connectivity index (χ2v) is 4.38. The van der Waals surface area contributed by atoms with Crippen LogP contribution >= 0.6 is 0 Å². The zero-order valence-electron chi connectivity index (χ0n) is 12.2. The summed E-state index contributed by atoms with van der Waals surface area (Å²) in [6.07, 6.45) is 1.75. The molecule has 106 valence electrons. The lowest BCUT2D eigenvalue weighted by Gasteiger charge is -1.99. The Hall–Kier alpha value is -2.59. The summed E-state index contributed by atoms with van der Waals surface area (Å²) in [7, 11) is 3.75. The van der Waals surface area contributed by atoms with Gasteiger partial charge in [-0.05, 0) is 38.4 Å². The number of aromatic nitrogens is 1. The van der Waals surface area contributed by atoms with Crippen molar-refractivity contribution in [3.8, 4) is 0 Å². The number of nitrogens with zero attached hydrogens (tertiary/aromatic N) is 3. The molecule has 4 heteroatoms. The highest BCUT2D eigenvalue weighted by Gasteiger charge is 1.99. The molecule has 0 saturated carbocycles. The van der Waals surface area contributed by atoms with Gasteiger partial charge >= 0.3 is 0 Å². The monoisotopic (exact) mass is 278 g/mol. The standard InChI is InChI=1S/C15H11N3.C2H7N/c1-2-6-12(7-3-1)17-18-15-10-11-16-14-9-5-4-8-13(14)15;1-3-2/h1-11H;3H,1-2H3. The van der Waals surface area contributed by atoms with Crippen molar-refractivity contribution in [2.45, 2.75) is 0 Å². The first kappa shape index (κ1) is 14.8. The number of benzene rings is 2.